The Labute approximate surface area is 197 Å². The maximum atomic E-state index is 12.4. The fourth-order valence-electron chi connectivity index (χ4n) is 4.55. The molecule has 1 aliphatic rings. The van der Waals surface area contributed by atoms with E-state index in [1.807, 2.05) is 54.6 Å². The van der Waals surface area contributed by atoms with Gasteiger partial charge in [-0.05, 0) is 45.0 Å². The second kappa shape index (κ2) is 9.24. The van der Waals surface area contributed by atoms with E-state index in [0.29, 0.717) is 12.1 Å². The molecule has 0 atom stereocenters. The highest BCUT2D eigenvalue weighted by molar-refractivity contribution is 5.96. The fourth-order valence-corrected chi connectivity index (χ4v) is 4.55. The molecule has 0 saturated heterocycles. The second-order valence-corrected chi connectivity index (χ2v) is 8.23. The van der Waals surface area contributed by atoms with Gasteiger partial charge in [0.05, 0.1) is 5.56 Å². The summed E-state index contributed by atoms with van der Waals surface area (Å²) >= 11 is 0. The van der Waals surface area contributed by atoms with Gasteiger partial charge in [-0.2, -0.15) is 0 Å². The van der Waals surface area contributed by atoms with Gasteiger partial charge >= 0.3 is 12.1 Å². The van der Waals surface area contributed by atoms with Crippen LogP contribution in [0.4, 0.5) is 4.79 Å². The zero-order chi connectivity index (χ0) is 23.5. The highest BCUT2D eigenvalue weighted by Crippen LogP contribution is 2.44. The monoisotopic (exact) mass is 449 g/mol. The van der Waals surface area contributed by atoms with Gasteiger partial charge in [-0.3, -0.25) is 0 Å². The van der Waals surface area contributed by atoms with Gasteiger partial charge < -0.3 is 15.2 Å². The van der Waals surface area contributed by atoms with E-state index in [-0.39, 0.29) is 18.1 Å². The van der Waals surface area contributed by atoms with Crippen LogP contribution < -0.4 is 5.32 Å². The number of benzene rings is 4. The Kier molecular flexibility index (Phi) is 5.83. The summed E-state index contributed by atoms with van der Waals surface area (Å²) in [5.74, 6) is -0.941. The number of amides is 1. The van der Waals surface area contributed by atoms with Crippen molar-refractivity contribution in [2.45, 2.75) is 12.5 Å². The van der Waals surface area contributed by atoms with Crippen LogP contribution in [0.15, 0.2) is 97.1 Å². The predicted octanol–water partition coefficient (Wildman–Crippen LogP) is 6.09. The number of carbonyl (C=O) groups is 2. The quantitative estimate of drug-likeness (QED) is 0.373. The molecule has 0 spiro atoms. The van der Waals surface area contributed by atoms with E-state index < -0.39 is 12.1 Å². The summed E-state index contributed by atoms with van der Waals surface area (Å²) in [5, 5.41) is 12.2. The average Bonchev–Trinajstić information content (AvgIpc) is 3.20. The Bertz CT molecular complexity index is 1320. The molecule has 0 heterocycles. The SMILES string of the molecule is O=C(NCc1ccc(-c2ccccc2C(=O)O)cc1)OCC1c2ccccc2-c2ccccc21. The second-order valence-electron chi connectivity index (χ2n) is 8.23. The minimum absolute atomic E-state index is 0.0201. The third kappa shape index (κ3) is 4.16. The average molecular weight is 450 g/mol. The Hall–Kier alpha value is -4.38. The molecule has 0 bridgehead atoms. The lowest BCUT2D eigenvalue weighted by molar-refractivity contribution is 0.0697. The summed E-state index contributed by atoms with van der Waals surface area (Å²) in [4.78, 5) is 23.9. The van der Waals surface area contributed by atoms with E-state index >= 15 is 0 Å². The molecule has 4 aromatic rings. The van der Waals surface area contributed by atoms with Gasteiger partial charge in [-0.1, -0.05) is 91.0 Å². The highest BCUT2D eigenvalue weighted by Gasteiger charge is 2.28. The minimum atomic E-state index is -0.961. The van der Waals surface area contributed by atoms with E-state index in [1.165, 1.54) is 22.3 Å². The van der Waals surface area contributed by atoms with E-state index in [2.05, 4.69) is 29.6 Å². The molecule has 0 aliphatic heterocycles. The van der Waals surface area contributed by atoms with Crippen LogP contribution >= 0.6 is 0 Å². The van der Waals surface area contributed by atoms with Gasteiger partial charge in [0.15, 0.2) is 0 Å². The number of aromatic carboxylic acids is 1. The molecule has 5 heteroatoms. The first-order chi connectivity index (χ1) is 16.6. The molecular formula is C29H23NO4. The van der Waals surface area contributed by atoms with E-state index in [0.717, 1.165) is 11.1 Å². The Morgan fingerprint density at radius 1 is 0.735 bits per heavy atom. The number of fused-ring (bicyclic) bond motifs is 3. The van der Waals surface area contributed by atoms with Crippen LogP contribution in [0.2, 0.25) is 0 Å². The lowest BCUT2D eigenvalue weighted by atomic mass is 9.98. The van der Waals surface area contributed by atoms with Gasteiger partial charge in [0.2, 0.25) is 0 Å². The van der Waals surface area contributed by atoms with Crippen molar-refractivity contribution in [3.63, 3.8) is 0 Å². The molecule has 34 heavy (non-hydrogen) atoms. The number of alkyl carbamates (subject to hydrolysis) is 1. The molecule has 2 N–H and O–H groups in total. The normalized spacial score (nSPS) is 12.0. The van der Waals surface area contributed by atoms with Crippen molar-refractivity contribution < 1.29 is 19.4 Å². The number of ether oxygens (including phenoxy) is 1. The van der Waals surface area contributed by atoms with Crippen LogP contribution in [0.3, 0.4) is 0 Å². The summed E-state index contributed by atoms with van der Waals surface area (Å²) in [7, 11) is 0. The Balaban J connectivity index is 1.20. The molecular weight excluding hydrogens is 426 g/mol. The molecule has 168 valence electrons. The number of nitrogens with one attached hydrogen (secondary N) is 1. The molecule has 0 unspecified atom stereocenters. The number of rotatable bonds is 6. The third-order valence-corrected chi connectivity index (χ3v) is 6.20. The van der Waals surface area contributed by atoms with Gasteiger partial charge in [0.25, 0.3) is 0 Å². The number of carboxylic acid groups (broad SMARTS) is 1. The molecule has 1 amide bonds. The van der Waals surface area contributed by atoms with Crippen molar-refractivity contribution in [3.8, 4) is 22.3 Å². The zero-order valence-corrected chi connectivity index (χ0v) is 18.4. The van der Waals surface area contributed by atoms with E-state index in [4.69, 9.17) is 4.74 Å². The van der Waals surface area contributed by atoms with Crippen molar-refractivity contribution in [2.75, 3.05) is 6.61 Å². The first-order valence-electron chi connectivity index (χ1n) is 11.1. The van der Waals surface area contributed by atoms with Crippen molar-refractivity contribution in [1.29, 1.82) is 0 Å². The maximum Gasteiger partial charge on any atom is 0.407 e. The third-order valence-electron chi connectivity index (χ3n) is 6.20. The highest BCUT2D eigenvalue weighted by atomic mass is 16.5. The first kappa shape index (κ1) is 21.5. The molecule has 5 rings (SSSR count). The van der Waals surface area contributed by atoms with Crippen LogP contribution in [0.5, 0.6) is 0 Å². The summed E-state index contributed by atoms with van der Waals surface area (Å²) in [6.45, 7) is 0.586. The molecule has 0 radical (unpaired) electrons. The molecule has 0 saturated carbocycles. The smallest absolute Gasteiger partial charge is 0.407 e. The predicted molar refractivity (Wildman–Crippen MR) is 131 cm³/mol. The standard InChI is InChI=1S/C29H23NO4/c31-28(32)26-12-6-1-7-21(26)20-15-13-19(14-16-20)17-30-29(33)34-18-27-24-10-4-2-8-22(24)23-9-3-5-11-25(23)27/h1-16,27H,17-18H2,(H,30,33)(H,31,32). The minimum Gasteiger partial charge on any atom is -0.478 e. The van der Waals surface area contributed by atoms with Gasteiger partial charge in [0.1, 0.15) is 6.61 Å². The van der Waals surface area contributed by atoms with Gasteiger partial charge in [-0.15, -0.1) is 0 Å². The number of hydrogen-bond acceptors (Lipinski definition) is 3. The summed E-state index contributed by atoms with van der Waals surface area (Å²) in [5.41, 5.74) is 7.35. The van der Waals surface area contributed by atoms with Crippen molar-refractivity contribution in [1.82, 2.24) is 5.32 Å². The van der Waals surface area contributed by atoms with Crippen molar-refractivity contribution in [3.05, 3.63) is 119 Å². The van der Waals surface area contributed by atoms with Crippen LogP contribution in [0.25, 0.3) is 22.3 Å². The number of hydrogen-bond donors (Lipinski definition) is 2. The topological polar surface area (TPSA) is 75.6 Å². The van der Waals surface area contributed by atoms with Crippen LogP contribution in [0, 0.1) is 0 Å². The number of carboxylic acids is 1. The molecule has 4 aromatic carbocycles. The fraction of sp³-hybridized carbons (Fsp3) is 0.103. The lowest BCUT2D eigenvalue weighted by Gasteiger charge is -2.14. The molecule has 0 fully saturated rings. The summed E-state index contributed by atoms with van der Waals surface area (Å²) in [6, 6.07) is 30.8. The largest absolute Gasteiger partial charge is 0.478 e. The van der Waals surface area contributed by atoms with Crippen LogP contribution in [-0.2, 0) is 11.3 Å². The molecule has 0 aromatic heterocycles. The maximum absolute atomic E-state index is 12.4. The summed E-state index contributed by atoms with van der Waals surface area (Å²) < 4.78 is 5.58. The summed E-state index contributed by atoms with van der Waals surface area (Å²) in [6.07, 6.45) is -0.470. The molecule has 1 aliphatic carbocycles. The van der Waals surface area contributed by atoms with E-state index in [1.54, 1.807) is 18.2 Å². The van der Waals surface area contributed by atoms with Gasteiger partial charge in [0, 0.05) is 12.5 Å². The Morgan fingerprint density at radius 3 is 1.91 bits per heavy atom. The van der Waals surface area contributed by atoms with E-state index in [9.17, 15) is 14.7 Å². The van der Waals surface area contributed by atoms with Crippen LogP contribution in [0.1, 0.15) is 33.0 Å². The Morgan fingerprint density at radius 2 is 1.29 bits per heavy atom. The van der Waals surface area contributed by atoms with Gasteiger partial charge in [-0.25, -0.2) is 9.59 Å². The van der Waals surface area contributed by atoms with Crippen LogP contribution in [-0.4, -0.2) is 23.8 Å². The van der Waals surface area contributed by atoms with Crippen molar-refractivity contribution >= 4 is 12.1 Å². The lowest BCUT2D eigenvalue weighted by Crippen LogP contribution is -2.25. The molecule has 5 nitrogen and oxygen atoms in total. The first-order valence-corrected chi connectivity index (χ1v) is 11.1. The number of carbonyl (C=O) groups excluding carboxylic acids is 1. The van der Waals surface area contributed by atoms with Crippen molar-refractivity contribution in [2.24, 2.45) is 0 Å². The zero-order valence-electron chi connectivity index (χ0n) is 18.4.